The van der Waals surface area contributed by atoms with E-state index in [4.69, 9.17) is 16.3 Å². The Hall–Kier alpha value is -1.25. The number of piperidine rings is 1. The molecule has 1 aliphatic carbocycles. The fourth-order valence-electron chi connectivity index (χ4n) is 6.03. The lowest BCUT2D eigenvalue weighted by Crippen LogP contribution is -2.38. The van der Waals surface area contributed by atoms with Gasteiger partial charge in [0, 0.05) is 24.0 Å². The highest BCUT2D eigenvalue weighted by atomic mass is 35.5. The summed E-state index contributed by atoms with van der Waals surface area (Å²) in [4.78, 5) is 2.76. The molecule has 2 unspecified atom stereocenters. The molecule has 0 N–H and O–H groups in total. The van der Waals surface area contributed by atoms with Gasteiger partial charge in [0.2, 0.25) is 0 Å². The number of nitrogens with zero attached hydrogens (tertiary/aromatic N) is 1. The van der Waals surface area contributed by atoms with Gasteiger partial charge in [0.25, 0.3) is 0 Å². The van der Waals surface area contributed by atoms with Gasteiger partial charge in [0.15, 0.2) is 0 Å². The summed E-state index contributed by atoms with van der Waals surface area (Å²) in [5, 5.41) is 3.15. The van der Waals surface area contributed by atoms with Gasteiger partial charge in [-0.05, 0) is 80.4 Å². The number of benzene rings is 2. The zero-order chi connectivity index (χ0) is 19.8. The number of hydrogen-bond donors (Lipinski definition) is 0. The minimum absolute atomic E-state index is 0.319. The Balaban J connectivity index is 1.34. The molecule has 3 aliphatic rings. The highest BCUT2D eigenvalue weighted by Gasteiger charge is 2.36. The summed E-state index contributed by atoms with van der Waals surface area (Å²) < 4.78 is 6.38. The second-order valence-electron chi connectivity index (χ2n) is 9.59. The smallest absolute Gasteiger partial charge is 0.138 e. The average molecular weight is 412 g/mol. The van der Waals surface area contributed by atoms with Crippen molar-refractivity contribution < 1.29 is 4.74 Å². The molecule has 2 aromatic carbocycles. The van der Waals surface area contributed by atoms with E-state index in [1.165, 1.54) is 62.3 Å². The van der Waals surface area contributed by atoms with Crippen molar-refractivity contribution in [2.24, 2.45) is 5.92 Å². The summed E-state index contributed by atoms with van der Waals surface area (Å²) in [6.07, 6.45) is 13.4. The van der Waals surface area contributed by atoms with Crippen LogP contribution in [0.5, 0.6) is 5.75 Å². The molecule has 156 valence electrons. The minimum atomic E-state index is 0.319. The van der Waals surface area contributed by atoms with Crippen molar-refractivity contribution in [2.75, 3.05) is 0 Å². The number of halogens is 1. The van der Waals surface area contributed by atoms with E-state index < -0.39 is 0 Å². The molecule has 5 rings (SSSR count). The normalized spacial score (nSPS) is 30.0. The molecular weight excluding hydrogens is 378 g/mol. The first-order valence-electron chi connectivity index (χ1n) is 11.8. The van der Waals surface area contributed by atoms with Gasteiger partial charge in [0.05, 0.1) is 11.1 Å². The zero-order valence-corrected chi connectivity index (χ0v) is 18.5. The SMILES string of the molecule is CCC1CCC(Oc2ccc3ccc(CN4C5CCCC4CC5)cc3c2Cl)CC1. The third kappa shape index (κ3) is 4.03. The molecular formula is C26H34ClNO. The molecule has 1 saturated carbocycles. The molecule has 2 aromatic rings. The molecule has 2 heterocycles. The van der Waals surface area contributed by atoms with Crippen LogP contribution in [0.25, 0.3) is 10.8 Å². The molecule has 3 heteroatoms. The van der Waals surface area contributed by atoms with E-state index in [1.54, 1.807) is 0 Å². The summed E-state index contributed by atoms with van der Waals surface area (Å²) in [6.45, 7) is 3.37. The van der Waals surface area contributed by atoms with Crippen LogP contribution in [0.15, 0.2) is 30.3 Å². The number of ether oxygens (including phenoxy) is 1. The largest absolute Gasteiger partial charge is 0.489 e. The van der Waals surface area contributed by atoms with Crippen molar-refractivity contribution in [3.8, 4) is 5.75 Å². The first-order chi connectivity index (χ1) is 14.2. The molecule has 29 heavy (non-hydrogen) atoms. The summed E-state index contributed by atoms with van der Waals surface area (Å²) >= 11 is 6.86. The standard InChI is InChI=1S/C26H34ClNO/c1-2-18-7-13-23(14-8-18)29-25-15-10-20-9-6-19(16-24(20)26(25)27)17-28-21-4-3-5-22(28)12-11-21/h6,9-10,15-16,18,21-23H,2-5,7-8,11-14,17H2,1H3. The molecule has 2 aliphatic heterocycles. The van der Waals surface area contributed by atoms with Crippen molar-refractivity contribution in [3.05, 3.63) is 40.9 Å². The number of fused-ring (bicyclic) bond motifs is 3. The maximum Gasteiger partial charge on any atom is 0.138 e. The Labute approximate surface area is 180 Å². The van der Waals surface area contributed by atoms with Gasteiger partial charge in [-0.25, -0.2) is 0 Å². The Morgan fingerprint density at radius 3 is 2.38 bits per heavy atom. The van der Waals surface area contributed by atoms with Crippen LogP contribution in [0.3, 0.4) is 0 Å². The summed E-state index contributed by atoms with van der Waals surface area (Å²) in [5.74, 6) is 1.75. The molecule has 3 fully saturated rings. The van der Waals surface area contributed by atoms with E-state index >= 15 is 0 Å². The third-order valence-corrected chi connectivity index (χ3v) is 8.25. The average Bonchev–Trinajstić information content (AvgIpc) is 2.97. The van der Waals surface area contributed by atoms with E-state index in [0.29, 0.717) is 6.10 Å². The molecule has 0 amide bonds. The maximum atomic E-state index is 6.86. The van der Waals surface area contributed by atoms with Crippen LogP contribution in [0, 0.1) is 5.92 Å². The summed E-state index contributed by atoms with van der Waals surface area (Å²) in [5.41, 5.74) is 1.39. The van der Waals surface area contributed by atoms with Gasteiger partial charge >= 0.3 is 0 Å². The zero-order valence-electron chi connectivity index (χ0n) is 17.7. The Bertz CT molecular complexity index is 841. The number of rotatable bonds is 5. The molecule has 2 bridgehead atoms. The van der Waals surface area contributed by atoms with Gasteiger partial charge in [-0.15, -0.1) is 0 Å². The van der Waals surface area contributed by atoms with Crippen LogP contribution < -0.4 is 4.74 Å². The summed E-state index contributed by atoms with van der Waals surface area (Å²) in [7, 11) is 0. The molecule has 0 aromatic heterocycles. The molecule has 2 saturated heterocycles. The Morgan fingerprint density at radius 2 is 1.66 bits per heavy atom. The Kier molecular flexibility index (Phi) is 5.76. The molecule has 2 atom stereocenters. The van der Waals surface area contributed by atoms with Crippen molar-refractivity contribution >= 4 is 22.4 Å². The molecule has 2 nitrogen and oxygen atoms in total. The van der Waals surface area contributed by atoms with E-state index in [9.17, 15) is 0 Å². The highest BCUT2D eigenvalue weighted by molar-refractivity contribution is 6.37. The topological polar surface area (TPSA) is 12.5 Å². The fraction of sp³-hybridized carbons (Fsp3) is 0.615. The lowest BCUT2D eigenvalue weighted by molar-refractivity contribution is 0.130. The maximum absolute atomic E-state index is 6.86. The van der Waals surface area contributed by atoms with Crippen LogP contribution in [0.2, 0.25) is 5.02 Å². The molecule has 0 spiro atoms. The van der Waals surface area contributed by atoms with Crippen LogP contribution in [0.4, 0.5) is 0 Å². The van der Waals surface area contributed by atoms with E-state index in [2.05, 4.69) is 42.2 Å². The van der Waals surface area contributed by atoms with Crippen molar-refractivity contribution in [2.45, 2.75) is 95.9 Å². The van der Waals surface area contributed by atoms with Crippen LogP contribution in [-0.4, -0.2) is 23.1 Å². The monoisotopic (exact) mass is 411 g/mol. The van der Waals surface area contributed by atoms with Crippen LogP contribution in [-0.2, 0) is 6.54 Å². The highest BCUT2D eigenvalue weighted by Crippen LogP contribution is 2.39. The van der Waals surface area contributed by atoms with Gasteiger partial charge in [-0.3, -0.25) is 4.90 Å². The van der Waals surface area contributed by atoms with E-state index in [1.807, 2.05) is 0 Å². The first kappa shape index (κ1) is 19.7. The fourth-order valence-corrected chi connectivity index (χ4v) is 6.30. The predicted molar refractivity (Wildman–Crippen MR) is 122 cm³/mol. The third-order valence-electron chi connectivity index (χ3n) is 7.86. The van der Waals surface area contributed by atoms with Crippen molar-refractivity contribution in [3.63, 3.8) is 0 Å². The second kappa shape index (κ2) is 8.47. The van der Waals surface area contributed by atoms with Crippen molar-refractivity contribution in [1.82, 2.24) is 4.90 Å². The van der Waals surface area contributed by atoms with E-state index in [-0.39, 0.29) is 0 Å². The van der Waals surface area contributed by atoms with Crippen LogP contribution in [0.1, 0.15) is 76.7 Å². The molecule has 0 radical (unpaired) electrons. The number of hydrogen-bond acceptors (Lipinski definition) is 2. The summed E-state index contributed by atoms with van der Waals surface area (Å²) in [6, 6.07) is 12.7. The van der Waals surface area contributed by atoms with Gasteiger partial charge in [-0.1, -0.05) is 49.6 Å². The first-order valence-corrected chi connectivity index (χ1v) is 12.2. The second-order valence-corrected chi connectivity index (χ2v) is 9.97. The lowest BCUT2D eigenvalue weighted by Gasteiger charge is -2.34. The van der Waals surface area contributed by atoms with Gasteiger partial charge < -0.3 is 4.74 Å². The Morgan fingerprint density at radius 1 is 0.931 bits per heavy atom. The van der Waals surface area contributed by atoms with Gasteiger partial charge in [0.1, 0.15) is 5.75 Å². The van der Waals surface area contributed by atoms with Gasteiger partial charge in [-0.2, -0.15) is 0 Å². The predicted octanol–water partition coefficient (Wildman–Crippen LogP) is 7.36. The lowest BCUT2D eigenvalue weighted by atomic mass is 9.86. The van der Waals surface area contributed by atoms with Crippen LogP contribution >= 0.6 is 11.6 Å². The minimum Gasteiger partial charge on any atom is -0.489 e. The quantitative estimate of drug-likeness (QED) is 0.509. The van der Waals surface area contributed by atoms with E-state index in [0.717, 1.165) is 53.5 Å². The van der Waals surface area contributed by atoms with Crippen molar-refractivity contribution in [1.29, 1.82) is 0 Å².